The minimum absolute atomic E-state index is 0. The summed E-state index contributed by atoms with van der Waals surface area (Å²) in [5, 5.41) is 6.55. The van der Waals surface area contributed by atoms with Crippen LogP contribution in [-0.4, -0.2) is 49.5 Å². The van der Waals surface area contributed by atoms with Crippen molar-refractivity contribution in [3.63, 3.8) is 0 Å². The average Bonchev–Trinajstić information content (AvgIpc) is 3.57. The van der Waals surface area contributed by atoms with Gasteiger partial charge in [-0.3, -0.25) is 9.79 Å². The summed E-state index contributed by atoms with van der Waals surface area (Å²) in [4.78, 5) is 22.1. The highest BCUT2D eigenvalue weighted by atomic mass is 127. The number of nitrogens with zero attached hydrogens (tertiary/aromatic N) is 3. The van der Waals surface area contributed by atoms with Gasteiger partial charge in [0.05, 0.1) is 6.61 Å². The molecule has 0 atom stereocenters. The van der Waals surface area contributed by atoms with Crippen LogP contribution in [0.2, 0.25) is 0 Å². The van der Waals surface area contributed by atoms with Gasteiger partial charge in [0.2, 0.25) is 5.88 Å². The summed E-state index contributed by atoms with van der Waals surface area (Å²) in [6.07, 6.45) is 4.36. The van der Waals surface area contributed by atoms with Crippen LogP contribution in [0.3, 0.4) is 0 Å². The molecule has 2 N–H and O–H groups in total. The summed E-state index contributed by atoms with van der Waals surface area (Å²) in [5.74, 6) is 2.10. The molecule has 1 aliphatic rings. The highest BCUT2D eigenvalue weighted by Crippen LogP contribution is 2.29. The highest BCUT2D eigenvalue weighted by molar-refractivity contribution is 14.0. The Morgan fingerprint density at radius 2 is 1.73 bits per heavy atom. The molecule has 0 spiro atoms. The first-order valence-corrected chi connectivity index (χ1v) is 9.88. The second-order valence-corrected chi connectivity index (χ2v) is 7.43. The fourth-order valence-corrected chi connectivity index (χ4v) is 2.70. The molecule has 1 amide bonds. The van der Waals surface area contributed by atoms with Crippen LogP contribution >= 0.6 is 24.0 Å². The Kier molecular flexibility index (Phi) is 9.35. The molecular weight excluding hydrogens is 493 g/mol. The van der Waals surface area contributed by atoms with Crippen LogP contribution in [0.5, 0.6) is 5.88 Å². The maximum absolute atomic E-state index is 11.9. The number of aromatic nitrogens is 1. The van der Waals surface area contributed by atoms with Gasteiger partial charge in [0.15, 0.2) is 5.96 Å². The van der Waals surface area contributed by atoms with E-state index in [0.29, 0.717) is 30.5 Å². The van der Waals surface area contributed by atoms with Gasteiger partial charge in [-0.2, -0.15) is 0 Å². The van der Waals surface area contributed by atoms with E-state index in [1.807, 2.05) is 42.6 Å². The van der Waals surface area contributed by atoms with E-state index in [2.05, 4.69) is 20.6 Å². The number of halogens is 1. The number of hydrogen-bond donors (Lipinski definition) is 2. The second-order valence-electron chi connectivity index (χ2n) is 7.43. The zero-order valence-electron chi connectivity index (χ0n) is 17.7. The SMILES string of the molecule is CN=C(NCc1ccc(C(=O)N(C)C)cc1)NCc1ccc(OCC2CC2)nc1.I. The van der Waals surface area contributed by atoms with E-state index < -0.39 is 0 Å². The number of carbonyl (C=O) groups excluding carboxylic acids is 1. The van der Waals surface area contributed by atoms with E-state index >= 15 is 0 Å². The van der Waals surface area contributed by atoms with Crippen LogP contribution in [0.15, 0.2) is 47.6 Å². The molecule has 0 aliphatic heterocycles. The Bertz CT molecular complexity index is 834. The van der Waals surface area contributed by atoms with Crippen LogP contribution in [0.25, 0.3) is 0 Å². The van der Waals surface area contributed by atoms with Crippen molar-refractivity contribution in [3.05, 3.63) is 59.3 Å². The zero-order valence-corrected chi connectivity index (χ0v) is 20.1. The van der Waals surface area contributed by atoms with Gasteiger partial charge in [-0.25, -0.2) is 4.98 Å². The van der Waals surface area contributed by atoms with Crippen molar-refractivity contribution in [1.82, 2.24) is 20.5 Å². The Hall–Kier alpha value is -2.36. The Morgan fingerprint density at radius 3 is 2.27 bits per heavy atom. The molecule has 1 saturated carbocycles. The van der Waals surface area contributed by atoms with Crippen molar-refractivity contribution >= 4 is 35.8 Å². The first kappa shape index (κ1) is 23.9. The lowest BCUT2D eigenvalue weighted by molar-refractivity contribution is 0.0827. The smallest absolute Gasteiger partial charge is 0.253 e. The van der Waals surface area contributed by atoms with Crippen molar-refractivity contribution < 1.29 is 9.53 Å². The number of nitrogens with one attached hydrogen (secondary N) is 2. The highest BCUT2D eigenvalue weighted by Gasteiger charge is 2.22. The number of ether oxygens (including phenoxy) is 1. The van der Waals surface area contributed by atoms with Crippen molar-refractivity contribution in [1.29, 1.82) is 0 Å². The van der Waals surface area contributed by atoms with E-state index in [-0.39, 0.29) is 29.9 Å². The summed E-state index contributed by atoms with van der Waals surface area (Å²) < 4.78 is 5.66. The van der Waals surface area contributed by atoms with Gasteiger partial charge < -0.3 is 20.3 Å². The number of aliphatic imine (C=N–C) groups is 1. The minimum Gasteiger partial charge on any atom is -0.477 e. The lowest BCUT2D eigenvalue weighted by Crippen LogP contribution is -2.36. The molecule has 8 heteroatoms. The van der Waals surface area contributed by atoms with Gasteiger partial charge >= 0.3 is 0 Å². The van der Waals surface area contributed by atoms with Crippen molar-refractivity contribution in [3.8, 4) is 5.88 Å². The molecule has 0 radical (unpaired) electrons. The van der Waals surface area contributed by atoms with Crippen LogP contribution in [0.1, 0.15) is 34.3 Å². The van der Waals surface area contributed by atoms with E-state index in [9.17, 15) is 4.79 Å². The van der Waals surface area contributed by atoms with Crippen LogP contribution in [-0.2, 0) is 13.1 Å². The molecule has 1 heterocycles. The molecule has 1 aromatic carbocycles. The van der Waals surface area contributed by atoms with Gasteiger partial charge in [0, 0.05) is 52.1 Å². The lowest BCUT2D eigenvalue weighted by atomic mass is 10.1. The van der Waals surface area contributed by atoms with E-state index in [1.54, 1.807) is 26.0 Å². The number of guanidine groups is 1. The van der Waals surface area contributed by atoms with Crippen LogP contribution in [0.4, 0.5) is 0 Å². The number of amides is 1. The van der Waals surface area contributed by atoms with Crippen molar-refractivity contribution in [2.75, 3.05) is 27.7 Å². The number of benzene rings is 1. The number of hydrogen-bond acceptors (Lipinski definition) is 4. The van der Waals surface area contributed by atoms with Crippen molar-refractivity contribution in [2.24, 2.45) is 10.9 Å². The van der Waals surface area contributed by atoms with Crippen LogP contribution < -0.4 is 15.4 Å². The average molecular weight is 523 g/mol. The first-order chi connectivity index (χ1) is 14.0. The van der Waals surface area contributed by atoms with E-state index in [4.69, 9.17) is 4.74 Å². The molecule has 1 aliphatic carbocycles. The summed E-state index contributed by atoms with van der Waals surface area (Å²) in [5.41, 5.74) is 2.80. The molecule has 1 aromatic heterocycles. The first-order valence-electron chi connectivity index (χ1n) is 9.88. The molecule has 2 aromatic rings. The van der Waals surface area contributed by atoms with Gasteiger partial charge in [-0.15, -0.1) is 24.0 Å². The number of carbonyl (C=O) groups is 1. The minimum atomic E-state index is -0.000414. The number of rotatable bonds is 8. The fraction of sp³-hybridized carbons (Fsp3) is 0.409. The topological polar surface area (TPSA) is 78.9 Å². The summed E-state index contributed by atoms with van der Waals surface area (Å²) >= 11 is 0. The molecule has 0 saturated heterocycles. The van der Waals surface area contributed by atoms with E-state index in [1.165, 1.54) is 12.8 Å². The Labute approximate surface area is 195 Å². The predicted molar refractivity (Wildman–Crippen MR) is 129 cm³/mol. The lowest BCUT2D eigenvalue weighted by Gasteiger charge is -2.13. The van der Waals surface area contributed by atoms with Crippen molar-refractivity contribution in [2.45, 2.75) is 25.9 Å². The zero-order chi connectivity index (χ0) is 20.6. The largest absolute Gasteiger partial charge is 0.477 e. The van der Waals surface area contributed by atoms with Gasteiger partial charge in [-0.1, -0.05) is 18.2 Å². The third-order valence-electron chi connectivity index (χ3n) is 4.71. The van der Waals surface area contributed by atoms with Crippen LogP contribution in [0, 0.1) is 5.92 Å². The third-order valence-corrected chi connectivity index (χ3v) is 4.71. The normalized spacial score (nSPS) is 13.2. The Balaban J connectivity index is 0.00000320. The summed E-state index contributed by atoms with van der Waals surface area (Å²) in [6, 6.07) is 11.5. The van der Waals surface area contributed by atoms with Gasteiger partial charge in [-0.05, 0) is 42.0 Å². The maximum atomic E-state index is 11.9. The third kappa shape index (κ3) is 7.47. The second kappa shape index (κ2) is 11.7. The molecule has 3 rings (SSSR count). The maximum Gasteiger partial charge on any atom is 0.253 e. The molecule has 1 fully saturated rings. The van der Waals surface area contributed by atoms with E-state index in [0.717, 1.165) is 23.7 Å². The van der Waals surface area contributed by atoms with Gasteiger partial charge in [0.1, 0.15) is 0 Å². The fourth-order valence-electron chi connectivity index (χ4n) is 2.70. The molecule has 30 heavy (non-hydrogen) atoms. The van der Waals surface area contributed by atoms with Gasteiger partial charge in [0.25, 0.3) is 5.91 Å². The summed E-state index contributed by atoms with van der Waals surface area (Å²) in [6.45, 7) is 2.00. The quantitative estimate of drug-likeness (QED) is 0.316. The Morgan fingerprint density at radius 1 is 1.10 bits per heavy atom. The monoisotopic (exact) mass is 523 g/mol. The molecule has 162 valence electrons. The molecule has 0 bridgehead atoms. The molecule has 7 nitrogen and oxygen atoms in total. The molecule has 0 unspecified atom stereocenters. The molecular formula is C22H30IN5O2. The standard InChI is InChI=1S/C22H29N5O2.HI/c1-23-22(25-12-16-6-9-19(10-7-16)21(28)27(2)3)26-14-18-8-11-20(24-13-18)29-15-17-4-5-17;/h6-11,13,17H,4-5,12,14-15H2,1-3H3,(H2,23,25,26);1H. The number of pyridine rings is 1. The summed E-state index contributed by atoms with van der Waals surface area (Å²) in [7, 11) is 5.23. The predicted octanol–water partition coefficient (Wildman–Crippen LogP) is 3.06.